The first-order chi connectivity index (χ1) is 14.5. The Morgan fingerprint density at radius 1 is 1.03 bits per heavy atom. The van der Waals surface area contributed by atoms with Crippen LogP contribution in [0.1, 0.15) is 37.1 Å². The van der Waals surface area contributed by atoms with Crippen molar-refractivity contribution < 1.29 is 0 Å². The van der Waals surface area contributed by atoms with Gasteiger partial charge >= 0.3 is 0 Å². The molecule has 0 unspecified atom stereocenters. The first-order valence-electron chi connectivity index (χ1n) is 10.2. The summed E-state index contributed by atoms with van der Waals surface area (Å²) in [6, 6.07) is 12.3. The average Bonchev–Trinajstić information content (AvgIpc) is 3.20. The van der Waals surface area contributed by atoms with E-state index in [1.165, 1.54) is 12.8 Å². The van der Waals surface area contributed by atoms with Crippen molar-refractivity contribution in [2.75, 3.05) is 10.6 Å². The summed E-state index contributed by atoms with van der Waals surface area (Å²) >= 11 is 5.49. The quantitative estimate of drug-likeness (QED) is 0.331. The fourth-order valence-electron chi connectivity index (χ4n) is 3.63. The van der Waals surface area contributed by atoms with Crippen LogP contribution in [-0.4, -0.2) is 32.1 Å². The molecule has 0 radical (unpaired) electrons. The van der Waals surface area contributed by atoms with Crippen LogP contribution in [0.25, 0.3) is 10.9 Å². The summed E-state index contributed by atoms with van der Waals surface area (Å²) in [6.45, 7) is 3.87. The van der Waals surface area contributed by atoms with Crippen LogP contribution < -0.4 is 16.0 Å². The summed E-state index contributed by atoms with van der Waals surface area (Å²) in [5, 5.41) is 11.3. The third-order valence-electron chi connectivity index (χ3n) is 4.96. The van der Waals surface area contributed by atoms with E-state index >= 15 is 0 Å². The van der Waals surface area contributed by atoms with Crippen molar-refractivity contribution in [2.24, 2.45) is 4.99 Å². The number of nitrogens with zero attached hydrogens (tertiary/aromatic N) is 4. The molecule has 3 N–H and O–H groups in total. The largest absolute Gasteiger partial charge is 0.358 e. The highest BCUT2D eigenvalue weighted by Crippen LogP contribution is 2.18. The number of rotatable bonds is 3. The van der Waals surface area contributed by atoms with Crippen LogP contribution in [0.4, 0.5) is 11.6 Å². The molecule has 0 atom stereocenters. The molecule has 1 aliphatic carbocycles. The number of aliphatic imine (C=N–C) groups is 1. The third-order valence-corrected chi connectivity index (χ3v) is 5.17. The molecule has 1 aromatic carbocycles. The van der Waals surface area contributed by atoms with Crippen LogP contribution in [0.3, 0.4) is 0 Å². The van der Waals surface area contributed by atoms with Gasteiger partial charge in [0.2, 0.25) is 11.9 Å². The SMILES string of the molecule is Cc1cc(C)nc(N/C(=N\C(=S)NC2CCCC2)Nc2cnc3ccccc3c2)n1. The summed E-state index contributed by atoms with van der Waals surface area (Å²) in [7, 11) is 0. The topological polar surface area (TPSA) is 87.1 Å². The van der Waals surface area contributed by atoms with E-state index in [9.17, 15) is 0 Å². The third kappa shape index (κ3) is 5.27. The molecule has 0 spiro atoms. The van der Waals surface area contributed by atoms with Crippen LogP contribution in [0.15, 0.2) is 47.6 Å². The number of benzene rings is 1. The van der Waals surface area contributed by atoms with Crippen LogP contribution in [-0.2, 0) is 0 Å². The Labute approximate surface area is 181 Å². The van der Waals surface area contributed by atoms with Gasteiger partial charge in [-0.3, -0.25) is 10.3 Å². The van der Waals surface area contributed by atoms with E-state index in [0.717, 1.165) is 40.8 Å². The van der Waals surface area contributed by atoms with Gasteiger partial charge in [-0.25, -0.2) is 9.97 Å². The van der Waals surface area contributed by atoms with Gasteiger partial charge in [0.1, 0.15) is 0 Å². The molecular weight excluding hydrogens is 394 g/mol. The highest BCUT2D eigenvalue weighted by atomic mass is 32.1. The molecule has 8 heteroatoms. The van der Waals surface area contributed by atoms with E-state index in [-0.39, 0.29) is 0 Å². The summed E-state index contributed by atoms with van der Waals surface area (Å²) in [4.78, 5) is 18.0. The Hall–Kier alpha value is -3.13. The summed E-state index contributed by atoms with van der Waals surface area (Å²) in [5.74, 6) is 0.920. The Bertz CT molecular complexity index is 1070. The number of hydrogen-bond acceptors (Lipinski definition) is 4. The predicted octanol–water partition coefficient (Wildman–Crippen LogP) is 4.34. The summed E-state index contributed by atoms with van der Waals surface area (Å²) in [6.07, 6.45) is 6.48. The molecule has 1 aliphatic rings. The maximum absolute atomic E-state index is 5.49. The Morgan fingerprint density at radius 3 is 2.53 bits per heavy atom. The van der Waals surface area contributed by atoms with Crippen LogP contribution in [0, 0.1) is 13.8 Å². The maximum Gasteiger partial charge on any atom is 0.229 e. The van der Waals surface area contributed by atoms with Gasteiger partial charge in [0.25, 0.3) is 0 Å². The Kier molecular flexibility index (Phi) is 6.13. The minimum atomic E-state index is 0.391. The number of guanidine groups is 1. The molecule has 2 heterocycles. The average molecular weight is 420 g/mol. The fraction of sp³-hybridized carbons (Fsp3) is 0.318. The zero-order valence-electron chi connectivity index (χ0n) is 17.1. The van der Waals surface area contributed by atoms with Crippen molar-refractivity contribution in [3.63, 3.8) is 0 Å². The molecule has 0 aliphatic heterocycles. The predicted molar refractivity (Wildman–Crippen MR) is 126 cm³/mol. The molecule has 154 valence electrons. The van der Waals surface area contributed by atoms with E-state index in [4.69, 9.17) is 12.2 Å². The molecule has 0 amide bonds. The molecule has 2 aromatic heterocycles. The standard InChI is InChI=1S/C22H25N7S/c1-14-11-15(2)25-20(24-14)28-21(29-22(30)27-17-8-4-5-9-17)26-18-12-16-7-3-6-10-19(16)23-13-18/h3,6-7,10-13,17H,4-5,8-9H2,1-2H3,(H3,24,25,26,27,28,29,30). The Morgan fingerprint density at radius 2 is 1.77 bits per heavy atom. The smallest absolute Gasteiger partial charge is 0.229 e. The number of fused-ring (bicyclic) bond motifs is 1. The van der Waals surface area contributed by atoms with Crippen molar-refractivity contribution in [3.05, 3.63) is 54.0 Å². The first kappa shape index (κ1) is 20.2. The molecule has 1 saturated carbocycles. The molecule has 0 saturated heterocycles. The lowest BCUT2D eigenvalue weighted by molar-refractivity contribution is 0.632. The monoisotopic (exact) mass is 419 g/mol. The molecule has 30 heavy (non-hydrogen) atoms. The number of thiocarbonyl (C=S) groups is 1. The van der Waals surface area contributed by atoms with Gasteiger partial charge < -0.3 is 10.6 Å². The van der Waals surface area contributed by atoms with Crippen LogP contribution in [0.5, 0.6) is 0 Å². The molecule has 7 nitrogen and oxygen atoms in total. The number of hydrogen-bond donors (Lipinski definition) is 3. The van der Waals surface area contributed by atoms with Crippen LogP contribution >= 0.6 is 12.2 Å². The minimum absolute atomic E-state index is 0.391. The fourth-order valence-corrected chi connectivity index (χ4v) is 3.89. The minimum Gasteiger partial charge on any atom is -0.358 e. The molecule has 0 bridgehead atoms. The molecule has 1 fully saturated rings. The van der Waals surface area contributed by atoms with E-state index in [0.29, 0.717) is 23.1 Å². The second kappa shape index (κ2) is 9.13. The maximum atomic E-state index is 5.49. The van der Waals surface area contributed by atoms with E-state index in [1.807, 2.05) is 50.2 Å². The number of anilines is 2. The van der Waals surface area contributed by atoms with Crippen molar-refractivity contribution in [2.45, 2.75) is 45.6 Å². The molecule has 4 rings (SSSR count). The lowest BCUT2D eigenvalue weighted by Crippen LogP contribution is -2.33. The van der Waals surface area contributed by atoms with Crippen molar-refractivity contribution in [1.29, 1.82) is 0 Å². The number of para-hydroxylation sites is 1. The molecule has 3 aromatic rings. The zero-order chi connectivity index (χ0) is 20.9. The summed E-state index contributed by atoms with van der Waals surface area (Å²) in [5.41, 5.74) is 3.49. The normalized spacial score (nSPS) is 14.7. The molecular formula is C22H25N7S. The first-order valence-corrected chi connectivity index (χ1v) is 10.6. The van der Waals surface area contributed by atoms with Crippen LogP contribution in [0.2, 0.25) is 0 Å². The lowest BCUT2D eigenvalue weighted by Gasteiger charge is -2.15. The zero-order valence-corrected chi connectivity index (χ0v) is 18.0. The van der Waals surface area contributed by atoms with Crippen molar-refractivity contribution in [1.82, 2.24) is 20.3 Å². The van der Waals surface area contributed by atoms with Crippen molar-refractivity contribution in [3.8, 4) is 0 Å². The second-order valence-corrected chi connectivity index (χ2v) is 7.92. The van der Waals surface area contributed by atoms with E-state index in [1.54, 1.807) is 6.20 Å². The van der Waals surface area contributed by atoms with Crippen molar-refractivity contribution >= 4 is 45.8 Å². The lowest BCUT2D eigenvalue weighted by atomic mass is 10.2. The van der Waals surface area contributed by atoms with Gasteiger partial charge in [-0.1, -0.05) is 31.0 Å². The van der Waals surface area contributed by atoms with Gasteiger partial charge in [0.15, 0.2) is 5.11 Å². The highest BCUT2D eigenvalue weighted by molar-refractivity contribution is 7.80. The van der Waals surface area contributed by atoms with E-state index < -0.39 is 0 Å². The van der Waals surface area contributed by atoms with E-state index in [2.05, 4.69) is 35.9 Å². The van der Waals surface area contributed by atoms with Gasteiger partial charge in [0, 0.05) is 22.8 Å². The van der Waals surface area contributed by atoms with Gasteiger partial charge in [0.05, 0.1) is 17.4 Å². The number of aromatic nitrogens is 3. The Balaban J connectivity index is 1.59. The number of aryl methyl sites for hydroxylation is 2. The highest BCUT2D eigenvalue weighted by Gasteiger charge is 2.16. The van der Waals surface area contributed by atoms with Gasteiger partial charge in [-0.15, -0.1) is 0 Å². The summed E-state index contributed by atoms with van der Waals surface area (Å²) < 4.78 is 0. The second-order valence-electron chi connectivity index (χ2n) is 7.53. The number of nitrogens with one attached hydrogen (secondary N) is 3. The van der Waals surface area contributed by atoms with Gasteiger partial charge in [-0.05, 0) is 57.1 Å². The van der Waals surface area contributed by atoms with Gasteiger partial charge in [-0.2, -0.15) is 4.99 Å². The number of pyridine rings is 1.